The minimum Gasteiger partial charge on any atom is -0.477 e. The number of hydrogen-bond acceptors (Lipinski definition) is 3. The second-order valence-corrected chi connectivity index (χ2v) is 6.76. The number of rotatable bonds is 6. The Bertz CT molecular complexity index is 1110. The smallest absolute Gasteiger partial charge is 0.352 e. The minimum atomic E-state index is -1.35. The average Bonchev–Trinajstić information content (AvgIpc) is 2.71. The lowest BCUT2D eigenvalue weighted by Crippen LogP contribution is -2.27. The summed E-state index contributed by atoms with van der Waals surface area (Å²) >= 11 is 6.16. The highest BCUT2D eigenvalue weighted by Gasteiger charge is 2.16. The molecule has 0 aliphatic carbocycles. The lowest BCUT2D eigenvalue weighted by Gasteiger charge is -2.11. The number of carboxylic acids is 1. The van der Waals surface area contributed by atoms with E-state index in [-0.39, 0.29) is 11.3 Å². The first kappa shape index (κ1) is 21.1. The predicted octanol–water partition coefficient (Wildman–Crippen LogP) is 5.44. The summed E-state index contributed by atoms with van der Waals surface area (Å²) in [5.74, 6) is -1.90. The number of nitrogens with one attached hydrogen (secondary N) is 1. The van der Waals surface area contributed by atoms with Crippen LogP contribution in [-0.4, -0.2) is 17.0 Å². The Labute approximate surface area is 177 Å². The van der Waals surface area contributed by atoms with Crippen LogP contribution in [0.3, 0.4) is 0 Å². The maximum absolute atomic E-state index is 13.7. The van der Waals surface area contributed by atoms with Crippen LogP contribution >= 0.6 is 11.6 Å². The predicted molar refractivity (Wildman–Crippen MR) is 112 cm³/mol. The molecule has 5 nitrogen and oxygen atoms in total. The molecule has 0 fully saturated rings. The Balaban J connectivity index is 1.79. The lowest BCUT2D eigenvalue weighted by atomic mass is 10.1. The second kappa shape index (κ2) is 9.24. The van der Waals surface area contributed by atoms with Crippen molar-refractivity contribution >= 4 is 29.6 Å². The Kier molecular flexibility index (Phi) is 6.49. The fraction of sp³-hybridized carbons (Fsp3) is 0.0435. The zero-order valence-corrected chi connectivity index (χ0v) is 16.6. The van der Waals surface area contributed by atoms with Gasteiger partial charge in [0.1, 0.15) is 23.0 Å². The highest BCUT2D eigenvalue weighted by molar-refractivity contribution is 6.32. The molecular formula is C23H17ClFNO4. The van der Waals surface area contributed by atoms with E-state index in [4.69, 9.17) is 16.3 Å². The molecule has 0 unspecified atom stereocenters. The molecule has 0 saturated heterocycles. The van der Waals surface area contributed by atoms with Crippen molar-refractivity contribution in [2.24, 2.45) is 0 Å². The number of benzene rings is 3. The summed E-state index contributed by atoms with van der Waals surface area (Å²) in [7, 11) is 0. The lowest BCUT2D eigenvalue weighted by molar-refractivity contribution is -0.132. The van der Waals surface area contributed by atoms with Gasteiger partial charge >= 0.3 is 5.97 Å². The van der Waals surface area contributed by atoms with Gasteiger partial charge in [0.25, 0.3) is 5.91 Å². The molecule has 0 spiro atoms. The Morgan fingerprint density at radius 1 is 1.03 bits per heavy atom. The van der Waals surface area contributed by atoms with Crippen LogP contribution in [0, 0.1) is 12.7 Å². The number of carbonyl (C=O) groups excluding carboxylic acids is 1. The fourth-order valence-corrected chi connectivity index (χ4v) is 2.91. The number of carboxylic acid groups (broad SMARTS) is 1. The van der Waals surface area contributed by atoms with Gasteiger partial charge < -0.3 is 15.2 Å². The maximum Gasteiger partial charge on any atom is 0.352 e. The van der Waals surface area contributed by atoms with Gasteiger partial charge in [0, 0.05) is 0 Å². The van der Waals surface area contributed by atoms with Gasteiger partial charge in [-0.05, 0) is 54.5 Å². The number of para-hydroxylation sites is 1. The van der Waals surface area contributed by atoms with Crippen LogP contribution in [-0.2, 0) is 4.79 Å². The molecule has 0 aliphatic rings. The molecule has 152 valence electrons. The molecule has 0 heterocycles. The van der Waals surface area contributed by atoms with E-state index in [9.17, 15) is 19.1 Å². The molecule has 0 aliphatic heterocycles. The molecule has 3 rings (SSSR count). The largest absolute Gasteiger partial charge is 0.477 e. The van der Waals surface area contributed by atoms with Crippen molar-refractivity contribution < 1.29 is 23.8 Å². The fourth-order valence-electron chi connectivity index (χ4n) is 2.65. The van der Waals surface area contributed by atoms with E-state index in [1.807, 2.05) is 19.1 Å². The van der Waals surface area contributed by atoms with E-state index in [0.29, 0.717) is 22.1 Å². The normalized spacial score (nSPS) is 11.1. The van der Waals surface area contributed by atoms with Crippen molar-refractivity contribution in [1.82, 2.24) is 5.32 Å². The summed E-state index contributed by atoms with van der Waals surface area (Å²) in [4.78, 5) is 23.7. The third-order valence-electron chi connectivity index (χ3n) is 4.17. The summed E-state index contributed by atoms with van der Waals surface area (Å²) < 4.78 is 19.6. The van der Waals surface area contributed by atoms with Crippen LogP contribution in [0.5, 0.6) is 11.5 Å². The van der Waals surface area contributed by atoms with Crippen molar-refractivity contribution in [1.29, 1.82) is 0 Å². The van der Waals surface area contributed by atoms with Gasteiger partial charge in [-0.25, -0.2) is 9.18 Å². The number of ether oxygens (including phenoxy) is 1. The molecule has 7 heteroatoms. The van der Waals surface area contributed by atoms with Gasteiger partial charge in [-0.2, -0.15) is 0 Å². The van der Waals surface area contributed by atoms with Crippen molar-refractivity contribution in [3.8, 4) is 11.5 Å². The van der Waals surface area contributed by atoms with Crippen LogP contribution in [0.15, 0.2) is 72.4 Å². The van der Waals surface area contributed by atoms with Gasteiger partial charge in [0.2, 0.25) is 0 Å². The third-order valence-corrected chi connectivity index (χ3v) is 4.47. The average molecular weight is 426 g/mol. The Morgan fingerprint density at radius 2 is 1.73 bits per heavy atom. The first-order valence-corrected chi connectivity index (χ1v) is 9.27. The zero-order chi connectivity index (χ0) is 21.7. The van der Waals surface area contributed by atoms with Crippen molar-refractivity contribution in [2.75, 3.05) is 0 Å². The number of carbonyl (C=O) groups is 2. The summed E-state index contributed by atoms with van der Waals surface area (Å²) in [5.41, 5.74) is 0.738. The zero-order valence-electron chi connectivity index (χ0n) is 15.9. The van der Waals surface area contributed by atoms with Crippen LogP contribution < -0.4 is 10.1 Å². The van der Waals surface area contributed by atoms with E-state index in [1.54, 1.807) is 30.3 Å². The molecule has 2 N–H and O–H groups in total. The monoisotopic (exact) mass is 425 g/mol. The molecule has 0 aromatic heterocycles. The van der Waals surface area contributed by atoms with Crippen LogP contribution in [0.4, 0.5) is 4.39 Å². The quantitative estimate of drug-likeness (QED) is 0.516. The minimum absolute atomic E-state index is 0.247. The molecule has 30 heavy (non-hydrogen) atoms. The highest BCUT2D eigenvalue weighted by Crippen LogP contribution is 2.32. The van der Waals surface area contributed by atoms with E-state index < -0.39 is 17.7 Å². The molecule has 1 amide bonds. The van der Waals surface area contributed by atoms with Crippen LogP contribution in [0.1, 0.15) is 21.5 Å². The standard InChI is InChI=1S/C23H17ClFNO4/c1-14-5-4-7-18(24)21(14)30-16-11-9-15(10-12-16)13-20(23(28)29)26-22(27)17-6-2-3-8-19(17)25/h2-13H,1H3,(H,26,27)(H,28,29). The van der Waals surface area contributed by atoms with Gasteiger partial charge in [-0.1, -0.05) is 48.0 Å². The van der Waals surface area contributed by atoms with Crippen molar-refractivity contribution in [3.05, 3.63) is 100.0 Å². The molecule has 0 atom stereocenters. The number of aryl methyl sites for hydroxylation is 1. The molecule has 0 saturated carbocycles. The van der Waals surface area contributed by atoms with Gasteiger partial charge in [0.15, 0.2) is 0 Å². The van der Waals surface area contributed by atoms with Crippen molar-refractivity contribution in [2.45, 2.75) is 6.92 Å². The SMILES string of the molecule is Cc1cccc(Cl)c1Oc1ccc(C=C(NC(=O)c2ccccc2F)C(=O)O)cc1. The first-order chi connectivity index (χ1) is 14.3. The van der Waals surface area contributed by atoms with E-state index in [1.165, 1.54) is 24.3 Å². The summed E-state index contributed by atoms with van der Waals surface area (Å²) in [5, 5.41) is 12.1. The Morgan fingerprint density at radius 3 is 2.37 bits per heavy atom. The summed E-state index contributed by atoms with van der Waals surface area (Å²) in [6, 6.07) is 17.3. The second-order valence-electron chi connectivity index (χ2n) is 6.35. The number of halogens is 2. The van der Waals surface area contributed by atoms with Gasteiger partial charge in [0.05, 0.1) is 10.6 Å². The van der Waals surface area contributed by atoms with E-state index in [2.05, 4.69) is 5.32 Å². The topological polar surface area (TPSA) is 75.6 Å². The molecule has 3 aromatic carbocycles. The number of amides is 1. The van der Waals surface area contributed by atoms with E-state index in [0.717, 1.165) is 11.6 Å². The first-order valence-electron chi connectivity index (χ1n) is 8.89. The molecule has 3 aromatic rings. The maximum atomic E-state index is 13.7. The van der Waals surface area contributed by atoms with Gasteiger partial charge in [-0.3, -0.25) is 4.79 Å². The molecule has 0 bridgehead atoms. The van der Waals surface area contributed by atoms with Crippen LogP contribution in [0.2, 0.25) is 5.02 Å². The van der Waals surface area contributed by atoms with E-state index >= 15 is 0 Å². The Hall–Kier alpha value is -3.64. The summed E-state index contributed by atoms with van der Waals surface area (Å²) in [6.07, 6.45) is 1.27. The van der Waals surface area contributed by atoms with Crippen molar-refractivity contribution in [3.63, 3.8) is 0 Å². The summed E-state index contributed by atoms with van der Waals surface area (Å²) in [6.45, 7) is 1.87. The molecular weight excluding hydrogens is 409 g/mol. The highest BCUT2D eigenvalue weighted by atomic mass is 35.5. The number of aliphatic carboxylic acids is 1. The van der Waals surface area contributed by atoms with Crippen LogP contribution in [0.25, 0.3) is 6.08 Å². The number of hydrogen-bond donors (Lipinski definition) is 2. The third kappa shape index (κ3) is 5.04. The van der Waals surface area contributed by atoms with Gasteiger partial charge in [-0.15, -0.1) is 0 Å². The molecule has 0 radical (unpaired) electrons.